The molecule has 214 valence electrons. The number of amides is 2. The van der Waals surface area contributed by atoms with Gasteiger partial charge in [-0.2, -0.15) is 0 Å². The van der Waals surface area contributed by atoms with Gasteiger partial charge in [-0.25, -0.2) is 0 Å². The maximum atomic E-state index is 13.7. The molecule has 0 aliphatic carbocycles. The molecular weight excluding hydrogens is 524 g/mol. The van der Waals surface area contributed by atoms with Crippen LogP contribution in [0.15, 0.2) is 97.1 Å². The van der Waals surface area contributed by atoms with Crippen LogP contribution in [0.5, 0.6) is 5.75 Å². The van der Waals surface area contributed by atoms with Crippen molar-refractivity contribution in [3.63, 3.8) is 0 Å². The summed E-state index contributed by atoms with van der Waals surface area (Å²) in [5.74, 6) is 0.291. The molecule has 4 aromatic carbocycles. The third kappa shape index (κ3) is 6.86. The molecule has 0 saturated carbocycles. The van der Waals surface area contributed by atoms with Gasteiger partial charge in [-0.1, -0.05) is 60.7 Å². The Morgan fingerprint density at radius 2 is 1.52 bits per heavy atom. The molecule has 0 radical (unpaired) electrons. The SMILES string of the molecule is Cc1cc(C(=O)NC(Cc2ccccc2)c2cc(C(=N)N)ccc2OCc2ccccc2)ccc1C(=O)N1CCCC1. The summed E-state index contributed by atoms with van der Waals surface area (Å²) in [6, 6.07) is 29.9. The van der Waals surface area contributed by atoms with Crippen molar-refractivity contribution in [3.05, 3.63) is 136 Å². The van der Waals surface area contributed by atoms with Crippen molar-refractivity contribution in [1.82, 2.24) is 10.2 Å². The topological polar surface area (TPSA) is 109 Å². The maximum Gasteiger partial charge on any atom is 0.254 e. The van der Waals surface area contributed by atoms with Gasteiger partial charge in [0.15, 0.2) is 0 Å². The zero-order chi connectivity index (χ0) is 29.5. The van der Waals surface area contributed by atoms with Gasteiger partial charge >= 0.3 is 0 Å². The largest absolute Gasteiger partial charge is 0.489 e. The monoisotopic (exact) mass is 560 g/mol. The first kappa shape index (κ1) is 28.6. The summed E-state index contributed by atoms with van der Waals surface area (Å²) in [5, 5.41) is 11.2. The molecule has 2 amide bonds. The molecule has 0 aromatic heterocycles. The number of ether oxygens (including phenoxy) is 1. The lowest BCUT2D eigenvalue weighted by Gasteiger charge is -2.24. The zero-order valence-corrected chi connectivity index (χ0v) is 23.8. The van der Waals surface area contributed by atoms with Gasteiger partial charge in [0.25, 0.3) is 11.8 Å². The Labute approximate surface area is 246 Å². The fourth-order valence-electron chi connectivity index (χ4n) is 5.32. The van der Waals surface area contributed by atoms with E-state index in [0.29, 0.717) is 35.5 Å². The van der Waals surface area contributed by atoms with E-state index in [0.717, 1.165) is 48.2 Å². The van der Waals surface area contributed by atoms with Gasteiger partial charge in [0.2, 0.25) is 0 Å². The van der Waals surface area contributed by atoms with Crippen LogP contribution in [0.4, 0.5) is 0 Å². The van der Waals surface area contributed by atoms with E-state index in [-0.39, 0.29) is 17.6 Å². The summed E-state index contributed by atoms with van der Waals surface area (Å²) in [4.78, 5) is 28.6. The van der Waals surface area contributed by atoms with E-state index in [4.69, 9.17) is 15.9 Å². The molecule has 1 saturated heterocycles. The lowest BCUT2D eigenvalue weighted by atomic mass is 9.95. The number of rotatable bonds is 10. The van der Waals surface area contributed by atoms with E-state index in [2.05, 4.69) is 5.32 Å². The molecule has 4 N–H and O–H groups in total. The second-order valence-electron chi connectivity index (χ2n) is 10.7. The van der Waals surface area contributed by atoms with Crippen molar-refractivity contribution >= 4 is 17.6 Å². The molecule has 7 nitrogen and oxygen atoms in total. The molecule has 1 unspecified atom stereocenters. The molecule has 1 atom stereocenters. The van der Waals surface area contributed by atoms with E-state index in [9.17, 15) is 9.59 Å². The highest BCUT2D eigenvalue weighted by molar-refractivity contribution is 5.99. The third-order valence-electron chi connectivity index (χ3n) is 7.63. The van der Waals surface area contributed by atoms with Crippen LogP contribution in [0.1, 0.15) is 67.4 Å². The average Bonchev–Trinajstić information content (AvgIpc) is 3.55. The number of likely N-dealkylation sites (tertiary alicyclic amines) is 1. The van der Waals surface area contributed by atoms with E-state index < -0.39 is 6.04 Å². The summed E-state index contributed by atoms with van der Waals surface area (Å²) in [7, 11) is 0. The fourth-order valence-corrected chi connectivity index (χ4v) is 5.32. The molecule has 0 bridgehead atoms. The van der Waals surface area contributed by atoms with Crippen LogP contribution in [0.3, 0.4) is 0 Å². The first-order valence-corrected chi connectivity index (χ1v) is 14.3. The summed E-state index contributed by atoms with van der Waals surface area (Å²) in [6.07, 6.45) is 2.55. The summed E-state index contributed by atoms with van der Waals surface area (Å²) < 4.78 is 6.27. The normalized spacial score (nSPS) is 13.4. The van der Waals surface area contributed by atoms with Gasteiger partial charge < -0.3 is 20.7 Å². The summed E-state index contributed by atoms with van der Waals surface area (Å²) >= 11 is 0. The number of carbonyl (C=O) groups is 2. The van der Waals surface area contributed by atoms with Crippen molar-refractivity contribution in [1.29, 1.82) is 5.41 Å². The first-order valence-electron chi connectivity index (χ1n) is 14.3. The highest BCUT2D eigenvalue weighted by Crippen LogP contribution is 2.31. The van der Waals surface area contributed by atoms with Gasteiger partial charge in [0.05, 0.1) is 6.04 Å². The number of hydrogen-bond acceptors (Lipinski definition) is 4. The number of nitrogens with one attached hydrogen (secondary N) is 2. The fraction of sp³-hybridized carbons (Fsp3) is 0.229. The van der Waals surface area contributed by atoms with Crippen molar-refractivity contribution in [2.45, 2.75) is 38.8 Å². The number of nitrogen functional groups attached to an aromatic ring is 1. The van der Waals surface area contributed by atoms with Crippen LogP contribution < -0.4 is 15.8 Å². The standard InChI is InChI=1S/C35H36N4O3/c1-24-20-28(14-16-29(24)35(41)39-18-8-9-19-39)34(40)38-31(21-25-10-4-2-5-11-25)30-22-27(33(36)37)15-17-32(30)42-23-26-12-6-3-7-13-26/h2-7,10-17,20,22,31H,8-9,18-19,21,23H2,1H3,(H3,36,37)(H,38,40). The number of hydrogen-bond donors (Lipinski definition) is 3. The number of nitrogens with two attached hydrogens (primary N) is 1. The lowest BCUT2D eigenvalue weighted by molar-refractivity contribution is 0.0791. The zero-order valence-electron chi connectivity index (χ0n) is 23.8. The minimum atomic E-state index is -0.476. The quantitative estimate of drug-likeness (QED) is 0.168. The molecule has 5 rings (SSSR count). The van der Waals surface area contributed by atoms with Crippen molar-refractivity contribution < 1.29 is 14.3 Å². The molecule has 1 heterocycles. The number of benzene rings is 4. The summed E-state index contributed by atoms with van der Waals surface area (Å²) in [6.45, 7) is 3.77. The highest BCUT2D eigenvalue weighted by atomic mass is 16.5. The Bertz CT molecular complexity index is 1560. The number of aryl methyl sites for hydroxylation is 1. The second kappa shape index (κ2) is 13.2. The third-order valence-corrected chi connectivity index (χ3v) is 7.63. The van der Waals surface area contributed by atoms with E-state index in [1.807, 2.05) is 84.6 Å². The Kier molecular flexibility index (Phi) is 8.97. The molecular formula is C35H36N4O3. The Balaban J connectivity index is 1.45. The van der Waals surface area contributed by atoms with E-state index >= 15 is 0 Å². The van der Waals surface area contributed by atoms with Crippen molar-refractivity contribution in [3.8, 4) is 5.75 Å². The highest BCUT2D eigenvalue weighted by Gasteiger charge is 2.24. The Morgan fingerprint density at radius 1 is 0.881 bits per heavy atom. The molecule has 7 heteroatoms. The summed E-state index contributed by atoms with van der Waals surface area (Å²) in [5.41, 5.74) is 11.1. The van der Waals surface area contributed by atoms with Gasteiger partial charge in [-0.3, -0.25) is 15.0 Å². The van der Waals surface area contributed by atoms with Gasteiger partial charge in [0, 0.05) is 35.3 Å². The Hall–Kier alpha value is -4.91. The minimum absolute atomic E-state index is 0.0140. The van der Waals surface area contributed by atoms with Crippen molar-refractivity contribution in [2.24, 2.45) is 5.73 Å². The van der Waals surface area contributed by atoms with Gasteiger partial charge in [0.1, 0.15) is 18.2 Å². The lowest BCUT2D eigenvalue weighted by Crippen LogP contribution is -2.31. The van der Waals surface area contributed by atoms with Crippen LogP contribution in [0.2, 0.25) is 0 Å². The smallest absolute Gasteiger partial charge is 0.254 e. The number of amidine groups is 1. The maximum absolute atomic E-state index is 13.7. The second-order valence-corrected chi connectivity index (χ2v) is 10.7. The molecule has 1 aliphatic heterocycles. The van der Waals surface area contributed by atoms with Crippen LogP contribution >= 0.6 is 0 Å². The number of carbonyl (C=O) groups excluding carboxylic acids is 2. The van der Waals surface area contributed by atoms with Crippen LogP contribution in [0, 0.1) is 12.3 Å². The molecule has 42 heavy (non-hydrogen) atoms. The van der Waals surface area contributed by atoms with Gasteiger partial charge in [-0.15, -0.1) is 0 Å². The van der Waals surface area contributed by atoms with Gasteiger partial charge in [-0.05, 0) is 79.3 Å². The minimum Gasteiger partial charge on any atom is -0.489 e. The number of nitrogens with zero attached hydrogens (tertiary/aromatic N) is 1. The van der Waals surface area contributed by atoms with Crippen LogP contribution in [-0.4, -0.2) is 35.6 Å². The van der Waals surface area contributed by atoms with Crippen LogP contribution in [0.25, 0.3) is 0 Å². The van der Waals surface area contributed by atoms with E-state index in [1.165, 1.54) is 0 Å². The Morgan fingerprint density at radius 3 is 2.17 bits per heavy atom. The molecule has 1 aliphatic rings. The average molecular weight is 561 g/mol. The van der Waals surface area contributed by atoms with Crippen LogP contribution in [-0.2, 0) is 13.0 Å². The van der Waals surface area contributed by atoms with E-state index in [1.54, 1.807) is 24.3 Å². The molecule has 4 aromatic rings. The predicted molar refractivity (Wildman–Crippen MR) is 165 cm³/mol. The molecule has 1 fully saturated rings. The van der Waals surface area contributed by atoms with Crippen molar-refractivity contribution in [2.75, 3.05) is 13.1 Å². The molecule has 0 spiro atoms. The first-order chi connectivity index (χ1) is 20.4. The predicted octanol–water partition coefficient (Wildman–Crippen LogP) is 5.81.